The van der Waals surface area contributed by atoms with E-state index in [1.54, 1.807) is 24.3 Å². The van der Waals surface area contributed by atoms with Crippen LogP contribution in [0.4, 0.5) is 0 Å². The summed E-state index contributed by atoms with van der Waals surface area (Å²) in [7, 11) is -3.29. The minimum absolute atomic E-state index is 0.311. The Balaban J connectivity index is 1.44. The minimum atomic E-state index is -1.65. The van der Waals surface area contributed by atoms with Gasteiger partial charge in [0.05, 0.1) is 37.4 Å². The first-order valence-electron chi connectivity index (χ1n) is 19.4. The number of ether oxygens (including phenoxy) is 4. The molecule has 0 saturated carbocycles. The maximum absolute atomic E-state index is 10.1. The van der Waals surface area contributed by atoms with Gasteiger partial charge in [0, 0.05) is 0 Å². The summed E-state index contributed by atoms with van der Waals surface area (Å²) in [6.45, 7) is 2.13. The lowest BCUT2D eigenvalue weighted by Crippen LogP contribution is -2.33. The normalized spacial score (nSPS) is 19.4. The highest BCUT2D eigenvalue weighted by Gasteiger charge is 2.24. The molecule has 4 N–H and O–H groups in total. The van der Waals surface area contributed by atoms with E-state index in [4.69, 9.17) is 18.9 Å². The fourth-order valence-corrected chi connectivity index (χ4v) is 6.13. The van der Waals surface area contributed by atoms with E-state index in [0.29, 0.717) is 60.4 Å². The molecule has 8 nitrogen and oxygen atoms in total. The van der Waals surface area contributed by atoms with Crippen molar-refractivity contribution in [3.05, 3.63) is 60.7 Å². The maximum Gasteiger partial charge on any atom is 0.496 e. The molecule has 2 aromatic rings. The smallest absolute Gasteiger partial charge is 0.494 e. The van der Waals surface area contributed by atoms with Crippen molar-refractivity contribution in [3.63, 3.8) is 0 Å². The van der Waals surface area contributed by atoms with Crippen LogP contribution in [0.15, 0.2) is 60.7 Å². The monoisotopic (exact) mass is 692 g/mol. The maximum atomic E-state index is 10.1. The van der Waals surface area contributed by atoms with Gasteiger partial charge in [0.25, 0.3) is 0 Å². The first-order chi connectivity index (χ1) is 24.6. The lowest BCUT2D eigenvalue weighted by Gasteiger charge is -2.16. The molecule has 10 heteroatoms. The van der Waals surface area contributed by atoms with Crippen molar-refractivity contribution in [2.75, 3.05) is 26.4 Å². The average molecular weight is 693 g/mol. The number of rotatable bonds is 2. The minimum Gasteiger partial charge on any atom is -0.494 e. The quantitative estimate of drug-likeness (QED) is 0.193. The van der Waals surface area contributed by atoms with Gasteiger partial charge in [0.1, 0.15) is 23.0 Å². The van der Waals surface area contributed by atoms with Crippen molar-refractivity contribution in [1.29, 1.82) is 0 Å². The average Bonchev–Trinajstić information content (AvgIpc) is 3.10. The number of benzene rings is 2. The summed E-state index contributed by atoms with van der Waals surface area (Å²) >= 11 is 0. The van der Waals surface area contributed by atoms with E-state index < -0.39 is 14.2 Å². The predicted octanol–water partition coefficient (Wildman–Crippen LogP) is 7.19. The Kier molecular flexibility index (Phi) is 22.3. The molecule has 0 amide bonds. The predicted molar refractivity (Wildman–Crippen MR) is 205 cm³/mol. The molecule has 3 rings (SSSR count). The molecule has 4 bridgehead atoms. The molecule has 1 aliphatic rings. The molecule has 2 aromatic carbocycles. The molecule has 50 heavy (non-hydrogen) atoms. The Morgan fingerprint density at radius 1 is 0.340 bits per heavy atom. The van der Waals surface area contributed by atoms with Gasteiger partial charge in [-0.25, -0.2) is 0 Å². The van der Waals surface area contributed by atoms with Gasteiger partial charge >= 0.3 is 14.2 Å². The van der Waals surface area contributed by atoms with Crippen molar-refractivity contribution in [1.82, 2.24) is 0 Å². The van der Waals surface area contributed by atoms with Crippen LogP contribution in [0.1, 0.15) is 128 Å². The third-order valence-electron chi connectivity index (χ3n) is 8.99. The molecular weight excluding hydrogens is 630 g/mol. The molecule has 0 unspecified atom stereocenters. The molecule has 276 valence electrons. The fourth-order valence-electron chi connectivity index (χ4n) is 6.13. The van der Waals surface area contributed by atoms with E-state index in [2.05, 4.69) is 24.3 Å². The van der Waals surface area contributed by atoms with Crippen LogP contribution in [-0.2, 0) is 0 Å². The highest BCUT2D eigenvalue weighted by Crippen LogP contribution is 2.21. The summed E-state index contributed by atoms with van der Waals surface area (Å²) in [5, 5.41) is 40.2. The number of hydrogen-bond donors (Lipinski definition) is 4. The van der Waals surface area contributed by atoms with Gasteiger partial charge < -0.3 is 39.0 Å². The summed E-state index contributed by atoms with van der Waals surface area (Å²) < 4.78 is 23.8. The first-order valence-corrected chi connectivity index (χ1v) is 19.4. The van der Waals surface area contributed by atoms with Crippen LogP contribution in [0.5, 0.6) is 23.0 Å². The van der Waals surface area contributed by atoms with E-state index in [1.165, 1.54) is 0 Å². The Bertz CT molecular complexity index is 1050. The summed E-state index contributed by atoms with van der Waals surface area (Å²) in [4.78, 5) is 0. The fraction of sp³-hybridized carbons (Fsp3) is 0.600. The van der Waals surface area contributed by atoms with Gasteiger partial charge in [-0.15, -0.1) is 0 Å². The largest absolute Gasteiger partial charge is 0.496 e. The molecule has 0 atom stereocenters. The van der Waals surface area contributed by atoms with Crippen LogP contribution in [0.3, 0.4) is 0 Å². The van der Waals surface area contributed by atoms with Gasteiger partial charge in [-0.1, -0.05) is 87.8 Å². The third kappa shape index (κ3) is 17.3. The van der Waals surface area contributed by atoms with E-state index in [9.17, 15) is 20.1 Å². The first kappa shape index (κ1) is 41.5. The van der Waals surface area contributed by atoms with Crippen LogP contribution in [0.25, 0.3) is 0 Å². The number of allylic oxidation sites excluding steroid dienone is 4. The summed E-state index contributed by atoms with van der Waals surface area (Å²) in [5.74, 6) is 1.92. The van der Waals surface area contributed by atoms with Crippen molar-refractivity contribution >= 4 is 25.2 Å². The molecule has 0 spiro atoms. The SMILES string of the molecule is OB(O)c1c2cccc1OCCCCCC/C=C\CCCCCCOc1cccc(c1B(O)O)OCCCCCC/C=C\CCCCCCO2. The zero-order valence-corrected chi connectivity index (χ0v) is 30.3. The lowest BCUT2D eigenvalue weighted by molar-refractivity contribution is 0.291. The Morgan fingerprint density at radius 3 is 0.820 bits per heavy atom. The van der Waals surface area contributed by atoms with Gasteiger partial charge in [-0.05, 0) is 101 Å². The highest BCUT2D eigenvalue weighted by atomic mass is 16.5. The van der Waals surface area contributed by atoms with Gasteiger partial charge in [-0.3, -0.25) is 0 Å². The highest BCUT2D eigenvalue weighted by molar-refractivity contribution is 6.61. The van der Waals surface area contributed by atoms with Gasteiger partial charge in [0.2, 0.25) is 0 Å². The Labute approximate surface area is 302 Å². The molecule has 0 aromatic heterocycles. The summed E-state index contributed by atoms with van der Waals surface area (Å²) in [5.41, 5.74) is 0.622. The molecule has 0 saturated heterocycles. The van der Waals surface area contributed by atoms with E-state index in [0.717, 1.165) is 128 Å². The second-order valence-electron chi connectivity index (χ2n) is 13.2. The number of fused-ring (bicyclic) bond motifs is 4. The van der Waals surface area contributed by atoms with Crippen molar-refractivity contribution in [3.8, 4) is 23.0 Å². The van der Waals surface area contributed by atoms with E-state index in [1.807, 2.05) is 12.1 Å². The van der Waals surface area contributed by atoms with Crippen LogP contribution in [0, 0.1) is 0 Å². The zero-order chi connectivity index (χ0) is 35.5. The van der Waals surface area contributed by atoms with Crippen LogP contribution < -0.4 is 29.9 Å². The Morgan fingerprint density at radius 2 is 0.580 bits per heavy atom. The summed E-state index contributed by atoms with van der Waals surface area (Å²) in [6.07, 6.45) is 30.5. The van der Waals surface area contributed by atoms with E-state index >= 15 is 0 Å². The topological polar surface area (TPSA) is 118 Å². The van der Waals surface area contributed by atoms with Crippen molar-refractivity contribution in [2.45, 2.75) is 128 Å². The van der Waals surface area contributed by atoms with Gasteiger partial charge in [-0.2, -0.15) is 0 Å². The molecule has 1 heterocycles. The zero-order valence-electron chi connectivity index (χ0n) is 30.3. The van der Waals surface area contributed by atoms with Crippen LogP contribution >= 0.6 is 0 Å². The molecule has 0 aliphatic carbocycles. The van der Waals surface area contributed by atoms with Crippen LogP contribution in [0.2, 0.25) is 0 Å². The Hall–Kier alpha value is -2.91. The number of hydrogen-bond acceptors (Lipinski definition) is 8. The molecule has 0 radical (unpaired) electrons. The summed E-state index contributed by atoms with van der Waals surface area (Å²) in [6, 6.07) is 10.8. The molecule has 1 aliphatic heterocycles. The molecule has 0 fully saturated rings. The van der Waals surface area contributed by atoms with E-state index in [-0.39, 0.29) is 0 Å². The second kappa shape index (κ2) is 26.8. The van der Waals surface area contributed by atoms with Gasteiger partial charge in [0.15, 0.2) is 0 Å². The lowest BCUT2D eigenvalue weighted by atomic mass is 9.78. The second-order valence-corrected chi connectivity index (χ2v) is 13.2. The standard InChI is InChI=1S/C40H62B2O8/c43-41(44)39-35-27-25-29-37(39)49-33-23-19-15-11-7-3-4-8-12-16-20-24-34-50-38-30-26-28-36(40(38)42(45)46)48-32-22-18-14-10-6-2-1-5-9-13-17-21-31-47-35/h1-4,25-30,43-46H,5-24,31-34H2/b2-1-,4-3-. The van der Waals surface area contributed by atoms with Crippen molar-refractivity contribution in [2.24, 2.45) is 0 Å². The molecular formula is C40H62B2O8. The van der Waals surface area contributed by atoms with Crippen LogP contribution in [-0.4, -0.2) is 60.8 Å². The third-order valence-corrected chi connectivity index (χ3v) is 8.99. The van der Waals surface area contributed by atoms with Crippen molar-refractivity contribution < 1.29 is 39.0 Å².